The lowest BCUT2D eigenvalue weighted by atomic mass is 10.1. The molecular formula is C16H17F2NOS. The van der Waals surface area contributed by atoms with Crippen molar-refractivity contribution in [1.29, 1.82) is 0 Å². The Balaban J connectivity index is 1.94. The summed E-state index contributed by atoms with van der Waals surface area (Å²) >= 11 is 1.67. The van der Waals surface area contributed by atoms with Gasteiger partial charge in [-0.3, -0.25) is 9.69 Å². The van der Waals surface area contributed by atoms with Crippen LogP contribution in [-0.2, 0) is 0 Å². The number of rotatable bonds is 6. The molecule has 112 valence electrons. The largest absolute Gasteiger partial charge is 0.298 e. The monoisotopic (exact) mass is 309 g/mol. The average Bonchev–Trinajstić information content (AvgIpc) is 2.96. The molecule has 5 heteroatoms. The number of hydrogen-bond donors (Lipinski definition) is 0. The van der Waals surface area contributed by atoms with E-state index in [1.54, 1.807) is 11.3 Å². The molecule has 0 N–H and O–H groups in total. The van der Waals surface area contributed by atoms with Crippen LogP contribution in [0.15, 0.2) is 35.7 Å². The van der Waals surface area contributed by atoms with Gasteiger partial charge in [0.15, 0.2) is 5.78 Å². The van der Waals surface area contributed by atoms with Crippen LogP contribution in [0.1, 0.15) is 34.6 Å². The van der Waals surface area contributed by atoms with Crippen molar-refractivity contribution in [3.63, 3.8) is 0 Å². The normalized spacial score (nSPS) is 12.6. The number of hydrogen-bond acceptors (Lipinski definition) is 3. The smallest absolute Gasteiger partial charge is 0.164 e. The van der Waals surface area contributed by atoms with Gasteiger partial charge in [-0.05, 0) is 37.6 Å². The van der Waals surface area contributed by atoms with Crippen molar-refractivity contribution < 1.29 is 13.6 Å². The number of Topliss-reactive ketones (excluding diaryl/α,β-unsaturated/α-hetero) is 1. The second-order valence-corrected chi connectivity index (χ2v) is 5.98. The fourth-order valence-electron chi connectivity index (χ4n) is 2.08. The number of ketones is 1. The Morgan fingerprint density at radius 1 is 1.29 bits per heavy atom. The fourth-order valence-corrected chi connectivity index (χ4v) is 2.93. The van der Waals surface area contributed by atoms with Gasteiger partial charge in [0.1, 0.15) is 11.6 Å². The molecule has 0 saturated heterocycles. The Morgan fingerprint density at radius 2 is 1.95 bits per heavy atom. The second-order valence-electron chi connectivity index (χ2n) is 5.00. The Bertz CT molecular complexity index is 592. The van der Waals surface area contributed by atoms with E-state index in [0.29, 0.717) is 6.54 Å². The van der Waals surface area contributed by atoms with E-state index in [2.05, 4.69) is 17.9 Å². The van der Waals surface area contributed by atoms with Crippen LogP contribution in [0.2, 0.25) is 0 Å². The van der Waals surface area contributed by atoms with Crippen molar-refractivity contribution in [3.05, 3.63) is 57.8 Å². The maximum Gasteiger partial charge on any atom is 0.164 e. The van der Waals surface area contributed by atoms with Crippen LogP contribution in [0.5, 0.6) is 0 Å². The van der Waals surface area contributed by atoms with Crippen LogP contribution in [0.4, 0.5) is 8.78 Å². The number of benzene rings is 1. The maximum atomic E-state index is 13.1. The molecule has 21 heavy (non-hydrogen) atoms. The second kappa shape index (κ2) is 6.91. The minimum Gasteiger partial charge on any atom is -0.298 e. The van der Waals surface area contributed by atoms with Crippen LogP contribution in [0.3, 0.4) is 0 Å². The van der Waals surface area contributed by atoms with Gasteiger partial charge in [0.05, 0.1) is 0 Å². The summed E-state index contributed by atoms with van der Waals surface area (Å²) in [7, 11) is 1.93. The lowest BCUT2D eigenvalue weighted by molar-refractivity contribution is 0.0961. The van der Waals surface area contributed by atoms with Gasteiger partial charge >= 0.3 is 0 Å². The van der Waals surface area contributed by atoms with Gasteiger partial charge in [0, 0.05) is 35.5 Å². The third kappa shape index (κ3) is 4.19. The van der Waals surface area contributed by atoms with Gasteiger partial charge in [0.25, 0.3) is 0 Å². The number of nitrogens with zero attached hydrogens (tertiary/aromatic N) is 1. The zero-order valence-corrected chi connectivity index (χ0v) is 12.8. The van der Waals surface area contributed by atoms with E-state index in [-0.39, 0.29) is 23.8 Å². The first kappa shape index (κ1) is 15.8. The molecule has 2 nitrogen and oxygen atoms in total. The third-order valence-corrected chi connectivity index (χ3v) is 4.53. The molecule has 0 radical (unpaired) electrons. The zero-order valence-electron chi connectivity index (χ0n) is 12.0. The summed E-state index contributed by atoms with van der Waals surface area (Å²) in [5, 5.41) is 2.01. The van der Waals surface area contributed by atoms with Crippen molar-refractivity contribution in [1.82, 2.24) is 4.90 Å². The highest BCUT2D eigenvalue weighted by Crippen LogP contribution is 2.23. The van der Waals surface area contributed by atoms with E-state index in [1.807, 2.05) is 18.5 Å². The minimum atomic E-state index is -0.723. The van der Waals surface area contributed by atoms with Gasteiger partial charge in [0.2, 0.25) is 0 Å². The molecule has 1 atom stereocenters. The van der Waals surface area contributed by atoms with Crippen LogP contribution in [0.25, 0.3) is 0 Å². The lowest BCUT2D eigenvalue weighted by Crippen LogP contribution is -2.24. The summed E-state index contributed by atoms with van der Waals surface area (Å²) in [6, 6.07) is 7.17. The molecule has 1 unspecified atom stereocenters. The van der Waals surface area contributed by atoms with Crippen molar-refractivity contribution >= 4 is 17.1 Å². The van der Waals surface area contributed by atoms with Gasteiger partial charge in [-0.25, -0.2) is 8.78 Å². The Morgan fingerprint density at radius 3 is 2.52 bits per heavy atom. The van der Waals surface area contributed by atoms with Gasteiger partial charge in [-0.2, -0.15) is 0 Å². The average molecular weight is 309 g/mol. The predicted molar refractivity (Wildman–Crippen MR) is 80.7 cm³/mol. The van der Waals surface area contributed by atoms with Gasteiger partial charge in [-0.1, -0.05) is 6.07 Å². The molecule has 0 fully saturated rings. The molecule has 0 aliphatic rings. The number of carbonyl (C=O) groups is 1. The van der Waals surface area contributed by atoms with Gasteiger partial charge < -0.3 is 0 Å². The van der Waals surface area contributed by atoms with Gasteiger partial charge in [-0.15, -0.1) is 11.3 Å². The molecule has 1 aromatic carbocycles. The Hall–Kier alpha value is -1.59. The summed E-state index contributed by atoms with van der Waals surface area (Å²) in [4.78, 5) is 15.3. The molecule has 0 aliphatic carbocycles. The van der Waals surface area contributed by atoms with E-state index >= 15 is 0 Å². The van der Waals surface area contributed by atoms with Crippen molar-refractivity contribution in [2.75, 3.05) is 13.6 Å². The first-order chi connectivity index (χ1) is 9.97. The highest BCUT2D eigenvalue weighted by atomic mass is 32.1. The molecule has 0 amide bonds. The molecule has 1 aromatic heterocycles. The maximum absolute atomic E-state index is 13.1. The SMILES string of the molecule is CC(c1cccs1)N(C)CCC(=O)c1cc(F)cc(F)c1. The van der Waals surface area contributed by atoms with E-state index in [9.17, 15) is 13.6 Å². The lowest BCUT2D eigenvalue weighted by Gasteiger charge is -2.23. The predicted octanol–water partition coefficient (Wildman–Crippen LogP) is 4.29. The highest BCUT2D eigenvalue weighted by molar-refractivity contribution is 7.10. The van der Waals surface area contributed by atoms with Crippen molar-refractivity contribution in [2.45, 2.75) is 19.4 Å². The summed E-state index contributed by atoms with van der Waals surface area (Å²) in [6.07, 6.45) is 0.231. The zero-order chi connectivity index (χ0) is 15.4. The highest BCUT2D eigenvalue weighted by Gasteiger charge is 2.15. The molecule has 0 aliphatic heterocycles. The van der Waals surface area contributed by atoms with Crippen LogP contribution < -0.4 is 0 Å². The molecule has 0 spiro atoms. The quantitative estimate of drug-likeness (QED) is 0.742. The van der Waals surface area contributed by atoms with Crippen LogP contribution in [0, 0.1) is 11.6 Å². The third-order valence-electron chi connectivity index (χ3n) is 3.49. The molecule has 0 saturated carbocycles. The van der Waals surface area contributed by atoms with E-state index in [4.69, 9.17) is 0 Å². The number of carbonyl (C=O) groups excluding carboxylic acids is 1. The van der Waals surface area contributed by atoms with Crippen molar-refractivity contribution in [2.24, 2.45) is 0 Å². The Kier molecular flexibility index (Phi) is 5.20. The van der Waals surface area contributed by atoms with E-state index in [1.165, 1.54) is 4.88 Å². The van der Waals surface area contributed by atoms with Crippen LogP contribution in [-0.4, -0.2) is 24.3 Å². The topological polar surface area (TPSA) is 20.3 Å². The molecule has 1 heterocycles. The standard InChI is InChI=1S/C16H17F2NOS/c1-11(16-4-3-7-21-16)19(2)6-5-15(20)12-8-13(17)10-14(18)9-12/h3-4,7-11H,5-6H2,1-2H3. The van der Waals surface area contributed by atoms with Crippen molar-refractivity contribution in [3.8, 4) is 0 Å². The summed E-state index contributed by atoms with van der Waals surface area (Å²) in [5.74, 6) is -1.70. The van der Waals surface area contributed by atoms with Crippen LogP contribution >= 0.6 is 11.3 Å². The summed E-state index contributed by atoms with van der Waals surface area (Å²) < 4.78 is 26.2. The first-order valence-corrected chi connectivity index (χ1v) is 7.58. The molecule has 2 rings (SSSR count). The fraction of sp³-hybridized carbons (Fsp3) is 0.312. The first-order valence-electron chi connectivity index (χ1n) is 6.70. The number of halogens is 2. The Labute approximate surface area is 127 Å². The summed E-state index contributed by atoms with van der Waals surface area (Å²) in [6.45, 7) is 2.61. The number of thiophene rings is 1. The molecular weight excluding hydrogens is 292 g/mol. The minimum absolute atomic E-state index is 0.0877. The van der Waals surface area contributed by atoms with E-state index < -0.39 is 11.6 Å². The molecule has 2 aromatic rings. The van der Waals surface area contributed by atoms with E-state index in [0.717, 1.165) is 18.2 Å². The summed E-state index contributed by atoms with van der Waals surface area (Å²) in [5.41, 5.74) is 0.0877. The molecule has 0 bridgehead atoms.